The lowest BCUT2D eigenvalue weighted by atomic mass is 10.1. The molecular formula is C40H62O6. The minimum absolute atomic E-state index is 0.154. The van der Waals surface area contributed by atoms with Crippen molar-refractivity contribution in [1.82, 2.24) is 0 Å². The number of hydrogen-bond acceptors (Lipinski definition) is 6. The second kappa shape index (κ2) is 25.0. The zero-order valence-corrected chi connectivity index (χ0v) is 29.6. The van der Waals surface area contributed by atoms with Crippen LogP contribution in [0.5, 0.6) is 28.7 Å². The quantitative estimate of drug-likeness (QED) is 0.0525. The Labute approximate surface area is 280 Å². The molecule has 6 nitrogen and oxygen atoms in total. The van der Waals surface area contributed by atoms with Gasteiger partial charge in [0.15, 0.2) is 28.8 Å². The molecule has 0 atom stereocenters. The maximum absolute atomic E-state index is 13.8. The molecule has 0 saturated carbocycles. The van der Waals surface area contributed by atoms with Gasteiger partial charge in [0.2, 0.25) is 0 Å². The first kappa shape index (κ1) is 39.0. The lowest BCUT2D eigenvalue weighted by Crippen LogP contribution is -2.07. The number of hydrogen-bond donors (Lipinski definition) is 0. The molecule has 0 aliphatic heterocycles. The predicted molar refractivity (Wildman–Crippen MR) is 191 cm³/mol. The lowest BCUT2D eigenvalue weighted by Gasteiger charge is -2.17. The number of ether oxygens (including phenoxy) is 5. The highest BCUT2D eigenvalue weighted by molar-refractivity contribution is 6.09. The van der Waals surface area contributed by atoms with Crippen molar-refractivity contribution in [2.24, 2.45) is 0 Å². The molecule has 0 unspecified atom stereocenters. The second-order valence-electron chi connectivity index (χ2n) is 12.0. The van der Waals surface area contributed by atoms with Gasteiger partial charge in [0.25, 0.3) is 0 Å². The molecule has 0 aromatic heterocycles. The van der Waals surface area contributed by atoms with E-state index in [-0.39, 0.29) is 5.78 Å². The Hall–Kier alpha value is -3.15. The maximum Gasteiger partial charge on any atom is 0.189 e. The van der Waals surface area contributed by atoms with Crippen molar-refractivity contribution in [2.75, 3.05) is 33.5 Å². The summed E-state index contributed by atoms with van der Waals surface area (Å²) in [7, 11) is 1.64. The Morgan fingerprint density at radius 2 is 1.11 bits per heavy atom. The summed E-state index contributed by atoms with van der Waals surface area (Å²) in [5.74, 6) is 2.93. The number of rotatable bonds is 28. The minimum atomic E-state index is -0.154. The van der Waals surface area contributed by atoms with E-state index in [1.807, 2.05) is 30.3 Å². The van der Waals surface area contributed by atoms with Crippen LogP contribution in [0.1, 0.15) is 146 Å². The summed E-state index contributed by atoms with van der Waals surface area (Å²) in [5.41, 5.74) is 1.24. The molecule has 0 bridgehead atoms. The summed E-state index contributed by atoms with van der Waals surface area (Å²) in [6.45, 7) is 11.2. The van der Waals surface area contributed by atoms with Crippen LogP contribution < -0.4 is 23.7 Å². The third kappa shape index (κ3) is 15.0. The summed E-state index contributed by atoms with van der Waals surface area (Å²) in [6, 6.07) is 9.41. The molecule has 2 aromatic rings. The van der Waals surface area contributed by atoms with E-state index >= 15 is 0 Å². The van der Waals surface area contributed by atoms with Gasteiger partial charge in [-0.05, 0) is 56.0 Å². The van der Waals surface area contributed by atoms with E-state index in [0.717, 1.165) is 63.4 Å². The Bertz CT molecular complexity index is 1120. The van der Waals surface area contributed by atoms with Crippen LogP contribution in [-0.2, 0) is 0 Å². The first-order chi connectivity index (χ1) is 22.6. The number of allylic oxidation sites excluding steroid dienone is 1. The van der Waals surface area contributed by atoms with Crippen molar-refractivity contribution in [3.63, 3.8) is 0 Å². The molecule has 46 heavy (non-hydrogen) atoms. The van der Waals surface area contributed by atoms with Crippen molar-refractivity contribution in [3.05, 3.63) is 47.5 Å². The number of methoxy groups -OCH3 is 1. The van der Waals surface area contributed by atoms with E-state index in [2.05, 4.69) is 27.7 Å². The molecule has 2 aromatic carbocycles. The molecule has 258 valence electrons. The molecule has 0 fully saturated rings. The molecule has 6 heteroatoms. The van der Waals surface area contributed by atoms with Gasteiger partial charge in [-0.3, -0.25) is 4.79 Å². The van der Waals surface area contributed by atoms with Crippen molar-refractivity contribution >= 4 is 11.9 Å². The molecule has 0 saturated heterocycles. The Morgan fingerprint density at radius 3 is 1.65 bits per heavy atom. The summed E-state index contributed by atoms with van der Waals surface area (Å²) in [4.78, 5) is 13.8. The number of ketones is 1. The Kier molecular flexibility index (Phi) is 21.2. The molecule has 0 N–H and O–H groups in total. The van der Waals surface area contributed by atoms with Crippen LogP contribution in [0.15, 0.2) is 36.4 Å². The molecule has 0 aliphatic carbocycles. The van der Waals surface area contributed by atoms with Gasteiger partial charge in [0.05, 0.1) is 39.1 Å². The van der Waals surface area contributed by atoms with Gasteiger partial charge in [-0.1, -0.05) is 111 Å². The van der Waals surface area contributed by atoms with Gasteiger partial charge in [-0.2, -0.15) is 0 Å². The van der Waals surface area contributed by atoms with Crippen molar-refractivity contribution in [1.29, 1.82) is 0 Å². The summed E-state index contributed by atoms with van der Waals surface area (Å²) in [5, 5.41) is 0. The van der Waals surface area contributed by atoms with Gasteiger partial charge in [0, 0.05) is 11.6 Å². The fourth-order valence-electron chi connectivity index (χ4n) is 5.17. The molecule has 0 amide bonds. The smallest absolute Gasteiger partial charge is 0.189 e. The van der Waals surface area contributed by atoms with E-state index in [9.17, 15) is 4.79 Å². The van der Waals surface area contributed by atoms with Gasteiger partial charge in [-0.25, -0.2) is 0 Å². The molecule has 0 aliphatic rings. The highest BCUT2D eigenvalue weighted by Gasteiger charge is 2.18. The van der Waals surface area contributed by atoms with E-state index in [0.29, 0.717) is 60.7 Å². The molecule has 2 rings (SSSR count). The SMILES string of the molecule is CCCCCCOc1cc(/C=C/C(=O)c2cccc(OCCCCCC)c2OCCCCCC)c(OCCCCCC)c(OC)c1. The zero-order chi connectivity index (χ0) is 33.2. The van der Waals surface area contributed by atoms with E-state index < -0.39 is 0 Å². The standard InChI is InChI=1S/C40H62O6/c1-6-10-14-18-27-43-34-31-33(39(38(32-34)42-5)45-29-20-16-12-8-3)25-26-36(41)35-23-22-24-37(44-28-19-15-11-7-2)40(35)46-30-21-17-13-9-4/h22-26,31-32H,6-21,27-30H2,1-5H3/b26-25+. The number of benzene rings is 2. The first-order valence-electron chi connectivity index (χ1n) is 18.2. The van der Waals surface area contributed by atoms with Crippen molar-refractivity contribution in [2.45, 2.75) is 130 Å². The van der Waals surface area contributed by atoms with Gasteiger partial charge in [0.1, 0.15) is 5.75 Å². The highest BCUT2D eigenvalue weighted by Crippen LogP contribution is 2.38. The van der Waals surface area contributed by atoms with Crippen LogP contribution >= 0.6 is 0 Å². The Morgan fingerprint density at radius 1 is 0.587 bits per heavy atom. The van der Waals surface area contributed by atoms with Crippen LogP contribution in [0.2, 0.25) is 0 Å². The first-order valence-corrected chi connectivity index (χ1v) is 18.2. The second-order valence-corrected chi connectivity index (χ2v) is 12.0. The average molecular weight is 639 g/mol. The number of carbonyl (C=O) groups excluding carboxylic acids is 1. The van der Waals surface area contributed by atoms with E-state index in [1.54, 1.807) is 19.3 Å². The number of carbonyl (C=O) groups is 1. The van der Waals surface area contributed by atoms with Crippen LogP contribution in [0.25, 0.3) is 6.08 Å². The monoisotopic (exact) mass is 638 g/mol. The van der Waals surface area contributed by atoms with Crippen molar-refractivity contribution < 1.29 is 28.5 Å². The summed E-state index contributed by atoms with van der Waals surface area (Å²) < 4.78 is 30.6. The minimum Gasteiger partial charge on any atom is -0.493 e. The van der Waals surface area contributed by atoms with Crippen LogP contribution in [-0.4, -0.2) is 39.3 Å². The molecule has 0 heterocycles. The molecule has 0 spiro atoms. The molecular weight excluding hydrogens is 576 g/mol. The Balaban J connectivity index is 2.34. The van der Waals surface area contributed by atoms with Crippen molar-refractivity contribution in [3.8, 4) is 28.7 Å². The lowest BCUT2D eigenvalue weighted by molar-refractivity contribution is 0.104. The summed E-state index contributed by atoms with van der Waals surface area (Å²) >= 11 is 0. The normalized spacial score (nSPS) is 11.2. The third-order valence-corrected chi connectivity index (χ3v) is 7.95. The predicted octanol–water partition coefficient (Wildman–Crippen LogP) is 11.4. The highest BCUT2D eigenvalue weighted by atomic mass is 16.5. The fourth-order valence-corrected chi connectivity index (χ4v) is 5.17. The van der Waals surface area contributed by atoms with E-state index in [1.165, 1.54) is 44.9 Å². The fraction of sp³-hybridized carbons (Fsp3) is 0.625. The average Bonchev–Trinajstić information content (AvgIpc) is 3.07. The number of para-hydroxylation sites is 1. The summed E-state index contributed by atoms with van der Waals surface area (Å²) in [6.07, 6.45) is 21.1. The van der Waals surface area contributed by atoms with Crippen LogP contribution in [0, 0.1) is 0 Å². The topological polar surface area (TPSA) is 63.2 Å². The maximum atomic E-state index is 13.8. The number of unbranched alkanes of at least 4 members (excludes halogenated alkanes) is 12. The van der Waals surface area contributed by atoms with Crippen LogP contribution in [0.4, 0.5) is 0 Å². The van der Waals surface area contributed by atoms with E-state index in [4.69, 9.17) is 23.7 Å². The van der Waals surface area contributed by atoms with Crippen LogP contribution in [0.3, 0.4) is 0 Å². The van der Waals surface area contributed by atoms with Gasteiger partial charge in [-0.15, -0.1) is 0 Å². The van der Waals surface area contributed by atoms with Gasteiger partial charge >= 0.3 is 0 Å². The largest absolute Gasteiger partial charge is 0.493 e. The van der Waals surface area contributed by atoms with Gasteiger partial charge < -0.3 is 23.7 Å². The molecule has 0 radical (unpaired) electrons. The zero-order valence-electron chi connectivity index (χ0n) is 29.6. The third-order valence-electron chi connectivity index (χ3n) is 7.95.